The van der Waals surface area contributed by atoms with Crippen LogP contribution in [0.1, 0.15) is 5.56 Å². The zero-order chi connectivity index (χ0) is 15.4. The summed E-state index contributed by atoms with van der Waals surface area (Å²) < 4.78 is 26.2. The van der Waals surface area contributed by atoms with Gasteiger partial charge < -0.3 is 5.32 Å². The van der Waals surface area contributed by atoms with E-state index < -0.39 is 11.6 Å². The first-order valence-electron chi connectivity index (χ1n) is 6.09. The van der Waals surface area contributed by atoms with E-state index in [-0.39, 0.29) is 16.6 Å². The largest absolute Gasteiger partial charge is 0.325 e. The van der Waals surface area contributed by atoms with E-state index in [2.05, 4.69) is 5.32 Å². The van der Waals surface area contributed by atoms with Gasteiger partial charge in [0.15, 0.2) is 0 Å². The van der Waals surface area contributed by atoms with E-state index in [9.17, 15) is 13.6 Å². The zero-order valence-corrected chi connectivity index (χ0v) is 12.7. The number of nitrogens with one attached hydrogen (secondary N) is 1. The zero-order valence-electron chi connectivity index (χ0n) is 11.1. The number of benzene rings is 2. The number of carbonyl (C=O) groups excluding carboxylic acids is 1. The lowest BCUT2D eigenvalue weighted by Gasteiger charge is -2.09. The molecular weight excluding hydrogens is 316 g/mol. The normalized spacial score (nSPS) is 10.5. The molecule has 0 unspecified atom stereocenters. The first-order valence-corrected chi connectivity index (χ1v) is 7.46. The molecule has 0 spiro atoms. The Kier molecular flexibility index (Phi) is 5.20. The third-order valence-electron chi connectivity index (χ3n) is 2.73. The Hall–Kier alpha value is -1.59. The molecule has 0 saturated carbocycles. The molecule has 2 aromatic carbocycles. The van der Waals surface area contributed by atoms with Gasteiger partial charge in [0.25, 0.3) is 0 Å². The van der Waals surface area contributed by atoms with Gasteiger partial charge in [-0.15, -0.1) is 11.8 Å². The van der Waals surface area contributed by atoms with E-state index in [1.807, 2.05) is 6.92 Å². The van der Waals surface area contributed by atoms with E-state index in [1.165, 1.54) is 6.07 Å². The van der Waals surface area contributed by atoms with Gasteiger partial charge in [0.2, 0.25) is 5.91 Å². The van der Waals surface area contributed by atoms with E-state index >= 15 is 0 Å². The van der Waals surface area contributed by atoms with Crippen molar-refractivity contribution in [2.24, 2.45) is 0 Å². The van der Waals surface area contributed by atoms with Crippen LogP contribution in [0.4, 0.5) is 14.5 Å². The number of aryl methyl sites for hydroxylation is 1. The number of carbonyl (C=O) groups is 1. The molecule has 0 radical (unpaired) electrons. The molecule has 2 rings (SSSR count). The van der Waals surface area contributed by atoms with Crippen LogP contribution in [0, 0.1) is 18.6 Å². The lowest BCUT2D eigenvalue weighted by molar-refractivity contribution is -0.113. The minimum atomic E-state index is -0.674. The monoisotopic (exact) mass is 327 g/mol. The van der Waals surface area contributed by atoms with Crippen molar-refractivity contribution in [2.75, 3.05) is 11.1 Å². The fraction of sp³-hybridized carbons (Fsp3) is 0.133. The number of hydrogen-bond acceptors (Lipinski definition) is 2. The molecule has 0 aliphatic rings. The molecule has 0 atom stereocenters. The average Bonchev–Trinajstić information content (AvgIpc) is 2.42. The predicted molar refractivity (Wildman–Crippen MR) is 81.9 cm³/mol. The van der Waals surface area contributed by atoms with Gasteiger partial charge in [0.05, 0.1) is 5.75 Å². The van der Waals surface area contributed by atoms with Gasteiger partial charge in [-0.3, -0.25) is 4.79 Å². The standard InChI is InChI=1S/C15H12ClF2NOS/c1-9-2-3-10(16)6-13(9)19-15(20)8-21-14-5-4-11(17)7-12(14)18/h2-7H,8H2,1H3,(H,19,20). The van der Waals surface area contributed by atoms with Gasteiger partial charge >= 0.3 is 0 Å². The third-order valence-corrected chi connectivity index (χ3v) is 4.01. The summed E-state index contributed by atoms with van der Waals surface area (Å²) in [7, 11) is 0. The van der Waals surface area contributed by atoms with Gasteiger partial charge in [-0.2, -0.15) is 0 Å². The van der Waals surface area contributed by atoms with Crippen LogP contribution in [0.25, 0.3) is 0 Å². The molecule has 0 aliphatic heterocycles. The Morgan fingerprint density at radius 2 is 2.00 bits per heavy atom. The second kappa shape index (κ2) is 6.91. The predicted octanol–water partition coefficient (Wildman–Crippen LogP) is 4.66. The van der Waals surface area contributed by atoms with Gasteiger partial charge in [0, 0.05) is 21.7 Å². The van der Waals surface area contributed by atoms with E-state index in [1.54, 1.807) is 18.2 Å². The maximum absolute atomic E-state index is 13.4. The van der Waals surface area contributed by atoms with Crippen molar-refractivity contribution in [1.82, 2.24) is 0 Å². The van der Waals surface area contributed by atoms with E-state index in [0.717, 1.165) is 29.5 Å². The highest BCUT2D eigenvalue weighted by Gasteiger charge is 2.09. The van der Waals surface area contributed by atoms with Crippen molar-refractivity contribution in [3.63, 3.8) is 0 Å². The Morgan fingerprint density at radius 3 is 2.71 bits per heavy atom. The summed E-state index contributed by atoms with van der Waals surface area (Å²) in [5.74, 6) is -1.58. The van der Waals surface area contributed by atoms with Crippen LogP contribution >= 0.6 is 23.4 Å². The molecule has 0 bridgehead atoms. The van der Waals surface area contributed by atoms with Crippen LogP contribution < -0.4 is 5.32 Å². The van der Waals surface area contributed by atoms with Crippen LogP contribution in [0.2, 0.25) is 5.02 Å². The number of rotatable bonds is 4. The summed E-state index contributed by atoms with van der Waals surface area (Å²) in [6.07, 6.45) is 0. The molecule has 110 valence electrons. The highest BCUT2D eigenvalue weighted by atomic mass is 35.5. The number of anilines is 1. The lowest BCUT2D eigenvalue weighted by atomic mass is 10.2. The molecule has 6 heteroatoms. The van der Waals surface area contributed by atoms with Crippen LogP contribution in [-0.2, 0) is 4.79 Å². The summed E-state index contributed by atoms with van der Waals surface area (Å²) in [5, 5.41) is 3.23. The van der Waals surface area contributed by atoms with Gasteiger partial charge in [-0.1, -0.05) is 17.7 Å². The molecule has 1 N–H and O–H groups in total. The van der Waals surface area contributed by atoms with Gasteiger partial charge in [-0.25, -0.2) is 8.78 Å². The minimum absolute atomic E-state index is 0.0223. The summed E-state index contributed by atoms with van der Waals surface area (Å²) in [6, 6.07) is 8.44. The minimum Gasteiger partial charge on any atom is -0.325 e. The molecule has 0 heterocycles. The van der Waals surface area contributed by atoms with Crippen LogP contribution in [0.5, 0.6) is 0 Å². The van der Waals surface area contributed by atoms with Gasteiger partial charge in [-0.05, 0) is 36.8 Å². The van der Waals surface area contributed by atoms with Crippen molar-refractivity contribution >= 4 is 35.0 Å². The smallest absolute Gasteiger partial charge is 0.234 e. The molecule has 0 fully saturated rings. The van der Waals surface area contributed by atoms with E-state index in [4.69, 9.17) is 11.6 Å². The maximum atomic E-state index is 13.4. The Morgan fingerprint density at radius 1 is 1.24 bits per heavy atom. The van der Waals surface area contributed by atoms with Crippen LogP contribution in [-0.4, -0.2) is 11.7 Å². The van der Waals surface area contributed by atoms with Crippen LogP contribution in [0.3, 0.4) is 0 Å². The molecule has 2 aromatic rings. The molecule has 0 aromatic heterocycles. The Labute approximate surface area is 130 Å². The summed E-state index contributed by atoms with van der Waals surface area (Å²) >= 11 is 6.87. The van der Waals surface area contributed by atoms with Crippen molar-refractivity contribution in [1.29, 1.82) is 0 Å². The number of amides is 1. The second-order valence-electron chi connectivity index (χ2n) is 4.37. The van der Waals surface area contributed by atoms with Crippen molar-refractivity contribution in [2.45, 2.75) is 11.8 Å². The molecule has 2 nitrogen and oxygen atoms in total. The number of thioether (sulfide) groups is 1. The SMILES string of the molecule is Cc1ccc(Cl)cc1NC(=O)CSc1ccc(F)cc1F. The summed E-state index contributed by atoms with van der Waals surface area (Å²) in [6.45, 7) is 1.85. The van der Waals surface area contributed by atoms with Gasteiger partial charge in [0.1, 0.15) is 11.6 Å². The molecule has 0 saturated heterocycles. The highest BCUT2D eigenvalue weighted by Crippen LogP contribution is 2.24. The summed E-state index contributed by atoms with van der Waals surface area (Å²) in [5.41, 5.74) is 1.50. The molecular formula is C15H12ClF2NOS. The fourth-order valence-corrected chi connectivity index (χ4v) is 2.54. The Bertz CT molecular complexity index is 679. The molecule has 21 heavy (non-hydrogen) atoms. The van der Waals surface area contributed by atoms with Crippen molar-refractivity contribution in [3.05, 3.63) is 58.6 Å². The average molecular weight is 328 g/mol. The lowest BCUT2D eigenvalue weighted by Crippen LogP contribution is -2.14. The van der Waals surface area contributed by atoms with Crippen molar-refractivity contribution in [3.8, 4) is 0 Å². The van der Waals surface area contributed by atoms with E-state index in [0.29, 0.717) is 10.7 Å². The topological polar surface area (TPSA) is 29.1 Å². The first kappa shape index (κ1) is 15.8. The Balaban J connectivity index is 1.97. The maximum Gasteiger partial charge on any atom is 0.234 e. The number of halogens is 3. The van der Waals surface area contributed by atoms with Crippen molar-refractivity contribution < 1.29 is 13.6 Å². The quantitative estimate of drug-likeness (QED) is 0.828. The third kappa shape index (κ3) is 4.44. The second-order valence-corrected chi connectivity index (χ2v) is 5.82. The first-order chi connectivity index (χ1) is 9.95. The fourth-order valence-electron chi connectivity index (χ4n) is 1.65. The number of hydrogen-bond donors (Lipinski definition) is 1. The van der Waals surface area contributed by atoms with Crippen LogP contribution in [0.15, 0.2) is 41.3 Å². The summed E-state index contributed by atoms with van der Waals surface area (Å²) in [4.78, 5) is 12.1. The molecule has 1 amide bonds. The highest BCUT2D eigenvalue weighted by molar-refractivity contribution is 8.00. The molecule has 0 aliphatic carbocycles.